The molecule has 104 valence electrons. The molecule has 0 aromatic heterocycles. The Morgan fingerprint density at radius 3 is 2.47 bits per heavy atom. The van der Waals surface area contributed by atoms with E-state index in [9.17, 15) is 9.18 Å². The molecule has 0 bridgehead atoms. The van der Waals surface area contributed by atoms with E-state index in [1.54, 1.807) is 18.2 Å². The Balaban J connectivity index is 2.37. The molecule has 0 heterocycles. The number of hydrogen-bond donors (Lipinski definition) is 1. The number of Topliss-reactive ketones (excluding diaryl/α,β-unsaturated/α-hetero) is 1. The molecule has 1 aliphatic rings. The Morgan fingerprint density at radius 1 is 1.26 bits per heavy atom. The molecular weight excluding hydrogens is 309 g/mol. The van der Waals surface area contributed by atoms with Crippen molar-refractivity contribution >= 4 is 21.7 Å². The summed E-state index contributed by atoms with van der Waals surface area (Å²) in [6.45, 7) is 0.303. The first-order chi connectivity index (χ1) is 9.10. The van der Waals surface area contributed by atoms with E-state index < -0.39 is 11.2 Å². The third-order valence-electron chi connectivity index (χ3n) is 4.13. The molecule has 1 aliphatic carbocycles. The van der Waals surface area contributed by atoms with Crippen molar-refractivity contribution in [3.05, 3.63) is 34.1 Å². The van der Waals surface area contributed by atoms with Gasteiger partial charge in [-0.25, -0.2) is 4.39 Å². The minimum absolute atomic E-state index is 0.129. The first-order valence-corrected chi connectivity index (χ1v) is 7.59. The molecule has 0 unspecified atom stereocenters. The second-order valence-corrected chi connectivity index (χ2v) is 6.18. The monoisotopic (exact) mass is 327 g/mol. The molecule has 2 nitrogen and oxygen atoms in total. The van der Waals surface area contributed by atoms with Gasteiger partial charge in [-0.05, 0) is 40.9 Å². The molecule has 1 fully saturated rings. The number of ketones is 1. The van der Waals surface area contributed by atoms with Gasteiger partial charge in [0.05, 0.1) is 10.0 Å². The van der Waals surface area contributed by atoms with Gasteiger partial charge < -0.3 is 5.73 Å². The summed E-state index contributed by atoms with van der Waals surface area (Å²) < 4.78 is 14.4. The molecule has 0 radical (unpaired) electrons. The van der Waals surface area contributed by atoms with Crippen molar-refractivity contribution in [1.82, 2.24) is 0 Å². The molecule has 0 amide bonds. The molecule has 1 saturated carbocycles. The van der Waals surface area contributed by atoms with E-state index in [0.717, 1.165) is 38.5 Å². The molecule has 0 aliphatic heterocycles. The van der Waals surface area contributed by atoms with Crippen molar-refractivity contribution in [1.29, 1.82) is 0 Å². The van der Waals surface area contributed by atoms with E-state index in [4.69, 9.17) is 5.73 Å². The fourth-order valence-electron chi connectivity index (χ4n) is 2.89. The van der Waals surface area contributed by atoms with Crippen LogP contribution in [0.2, 0.25) is 0 Å². The van der Waals surface area contributed by atoms with Gasteiger partial charge in [0.1, 0.15) is 5.82 Å². The Hall–Kier alpha value is -0.740. The van der Waals surface area contributed by atoms with E-state index in [0.29, 0.717) is 11.0 Å². The van der Waals surface area contributed by atoms with Gasteiger partial charge >= 0.3 is 0 Å². The highest BCUT2D eigenvalue weighted by Crippen LogP contribution is 2.38. The summed E-state index contributed by atoms with van der Waals surface area (Å²) in [7, 11) is 0. The molecule has 1 aromatic carbocycles. The van der Waals surface area contributed by atoms with Crippen molar-refractivity contribution < 1.29 is 9.18 Å². The number of benzene rings is 1. The molecular formula is C15H19BrFNO. The van der Waals surface area contributed by atoms with Gasteiger partial charge in [-0.3, -0.25) is 4.79 Å². The van der Waals surface area contributed by atoms with Crippen LogP contribution in [0.15, 0.2) is 22.7 Å². The van der Waals surface area contributed by atoms with Gasteiger partial charge in [0, 0.05) is 12.0 Å². The quantitative estimate of drug-likeness (QED) is 0.671. The molecule has 4 heteroatoms. The van der Waals surface area contributed by atoms with E-state index in [-0.39, 0.29) is 11.3 Å². The minimum Gasteiger partial charge on any atom is -0.329 e. The lowest BCUT2D eigenvalue weighted by molar-refractivity contribution is 0.0769. The first kappa shape index (κ1) is 14.7. The molecule has 2 rings (SSSR count). The van der Waals surface area contributed by atoms with Crippen molar-refractivity contribution in [2.45, 2.75) is 38.5 Å². The van der Waals surface area contributed by atoms with Crippen molar-refractivity contribution in [3.63, 3.8) is 0 Å². The molecule has 0 spiro atoms. The third-order valence-corrected chi connectivity index (χ3v) is 4.74. The van der Waals surface area contributed by atoms with Crippen LogP contribution in [0.3, 0.4) is 0 Å². The van der Waals surface area contributed by atoms with Crippen LogP contribution in [-0.4, -0.2) is 12.3 Å². The number of carbonyl (C=O) groups excluding carboxylic acids is 1. The van der Waals surface area contributed by atoms with Crippen LogP contribution < -0.4 is 5.73 Å². The zero-order chi connectivity index (χ0) is 13.9. The van der Waals surface area contributed by atoms with Gasteiger partial charge in [0.15, 0.2) is 5.78 Å². The minimum atomic E-state index is -0.571. The predicted octanol–water partition coefficient (Wildman–Crippen LogP) is 4.07. The van der Waals surface area contributed by atoms with Crippen LogP contribution in [0.4, 0.5) is 4.39 Å². The fraction of sp³-hybridized carbons (Fsp3) is 0.533. The van der Waals surface area contributed by atoms with Gasteiger partial charge in [0.25, 0.3) is 0 Å². The zero-order valence-electron chi connectivity index (χ0n) is 10.9. The molecule has 0 saturated heterocycles. The predicted molar refractivity (Wildman–Crippen MR) is 77.6 cm³/mol. The van der Waals surface area contributed by atoms with Crippen LogP contribution in [0, 0.1) is 11.2 Å². The SMILES string of the molecule is NCC1(C(=O)c2cccc(Br)c2F)CCCCCC1. The summed E-state index contributed by atoms with van der Waals surface area (Å²) in [4.78, 5) is 12.7. The van der Waals surface area contributed by atoms with Crippen LogP contribution in [0.1, 0.15) is 48.9 Å². The van der Waals surface area contributed by atoms with E-state index in [2.05, 4.69) is 15.9 Å². The summed E-state index contributed by atoms with van der Waals surface area (Å²) in [6.07, 6.45) is 5.81. The van der Waals surface area contributed by atoms with Crippen molar-refractivity contribution in [2.24, 2.45) is 11.1 Å². The topological polar surface area (TPSA) is 43.1 Å². The molecule has 0 atom stereocenters. The summed E-state index contributed by atoms with van der Waals surface area (Å²) >= 11 is 3.13. The van der Waals surface area contributed by atoms with E-state index in [1.165, 1.54) is 0 Å². The Bertz CT molecular complexity index is 467. The summed E-state index contributed by atoms with van der Waals surface area (Å²) in [5.74, 6) is -0.597. The van der Waals surface area contributed by atoms with Crippen LogP contribution in [-0.2, 0) is 0 Å². The summed E-state index contributed by atoms with van der Waals surface area (Å²) in [5.41, 5.74) is 5.48. The second-order valence-electron chi connectivity index (χ2n) is 5.33. The highest BCUT2D eigenvalue weighted by Gasteiger charge is 2.38. The third kappa shape index (κ3) is 2.90. The number of hydrogen-bond acceptors (Lipinski definition) is 2. The number of rotatable bonds is 3. The maximum absolute atomic E-state index is 14.1. The lowest BCUT2D eigenvalue weighted by Crippen LogP contribution is -2.38. The maximum atomic E-state index is 14.1. The Labute approximate surface area is 121 Å². The van der Waals surface area contributed by atoms with Crippen LogP contribution in [0.5, 0.6) is 0 Å². The van der Waals surface area contributed by atoms with E-state index >= 15 is 0 Å². The Morgan fingerprint density at radius 2 is 1.89 bits per heavy atom. The average Bonchev–Trinajstić information content (AvgIpc) is 2.67. The molecule has 19 heavy (non-hydrogen) atoms. The Kier molecular flexibility index (Phi) is 4.74. The molecule has 1 aromatic rings. The van der Waals surface area contributed by atoms with Crippen LogP contribution in [0.25, 0.3) is 0 Å². The van der Waals surface area contributed by atoms with E-state index in [1.807, 2.05) is 0 Å². The number of nitrogens with two attached hydrogens (primary N) is 1. The van der Waals surface area contributed by atoms with Gasteiger partial charge in [-0.15, -0.1) is 0 Å². The normalized spacial score (nSPS) is 18.9. The smallest absolute Gasteiger partial charge is 0.173 e. The molecule has 2 N–H and O–H groups in total. The summed E-state index contributed by atoms with van der Waals surface area (Å²) in [6, 6.07) is 4.86. The standard InChI is InChI=1S/C15H19BrFNO/c16-12-7-5-6-11(13(12)17)14(19)15(10-18)8-3-1-2-4-9-15/h5-7H,1-4,8-10,18H2. The highest BCUT2D eigenvalue weighted by molar-refractivity contribution is 9.10. The maximum Gasteiger partial charge on any atom is 0.173 e. The van der Waals surface area contributed by atoms with Gasteiger partial charge in [0.2, 0.25) is 0 Å². The number of carbonyl (C=O) groups is 1. The average molecular weight is 328 g/mol. The zero-order valence-corrected chi connectivity index (χ0v) is 12.5. The lowest BCUT2D eigenvalue weighted by Gasteiger charge is -2.30. The largest absolute Gasteiger partial charge is 0.329 e. The second kappa shape index (κ2) is 6.14. The number of halogens is 2. The van der Waals surface area contributed by atoms with Gasteiger partial charge in [-0.1, -0.05) is 31.7 Å². The van der Waals surface area contributed by atoms with Crippen molar-refractivity contribution in [3.8, 4) is 0 Å². The summed E-state index contributed by atoms with van der Waals surface area (Å²) in [5, 5.41) is 0. The van der Waals surface area contributed by atoms with Crippen molar-refractivity contribution in [2.75, 3.05) is 6.54 Å². The fourth-order valence-corrected chi connectivity index (χ4v) is 3.26. The van der Waals surface area contributed by atoms with Crippen LogP contribution >= 0.6 is 15.9 Å². The lowest BCUT2D eigenvalue weighted by atomic mass is 9.74. The highest BCUT2D eigenvalue weighted by atomic mass is 79.9. The first-order valence-electron chi connectivity index (χ1n) is 6.80. The van der Waals surface area contributed by atoms with Gasteiger partial charge in [-0.2, -0.15) is 0 Å².